The van der Waals surface area contributed by atoms with Crippen molar-refractivity contribution in [3.8, 4) is 0 Å². The monoisotopic (exact) mass is 345 g/mol. The molecule has 0 spiro atoms. The molecule has 5 nitrogen and oxygen atoms in total. The molecule has 126 valence electrons. The average Bonchev–Trinajstić information content (AvgIpc) is 2.54. The molecule has 24 heavy (non-hydrogen) atoms. The summed E-state index contributed by atoms with van der Waals surface area (Å²) in [4.78, 5) is 23.6. The van der Waals surface area contributed by atoms with Crippen LogP contribution in [0.25, 0.3) is 0 Å². The molecular formula is C18H20ClN3O2. The number of halogens is 1. The summed E-state index contributed by atoms with van der Waals surface area (Å²) < 4.78 is 0. The fourth-order valence-corrected chi connectivity index (χ4v) is 2.43. The molecule has 0 saturated heterocycles. The summed E-state index contributed by atoms with van der Waals surface area (Å²) >= 11 is 6.00. The Balaban J connectivity index is 1.76. The average molecular weight is 346 g/mol. The van der Waals surface area contributed by atoms with Gasteiger partial charge in [-0.25, -0.2) is 0 Å². The smallest absolute Gasteiger partial charge is 0.257 e. The van der Waals surface area contributed by atoms with Crippen molar-refractivity contribution in [2.45, 2.75) is 20.3 Å². The second-order valence-corrected chi connectivity index (χ2v) is 5.94. The van der Waals surface area contributed by atoms with Crippen molar-refractivity contribution in [2.75, 3.05) is 11.9 Å². The first-order valence-electron chi connectivity index (χ1n) is 7.58. The van der Waals surface area contributed by atoms with Crippen LogP contribution in [0.15, 0.2) is 42.5 Å². The summed E-state index contributed by atoms with van der Waals surface area (Å²) in [5, 5.41) is 3.56. The lowest BCUT2D eigenvalue weighted by Crippen LogP contribution is -2.44. The Kier molecular flexibility index (Phi) is 6.21. The molecule has 0 saturated carbocycles. The lowest BCUT2D eigenvalue weighted by molar-refractivity contribution is -0.127. The van der Waals surface area contributed by atoms with Crippen LogP contribution in [0, 0.1) is 13.8 Å². The molecule has 0 bridgehead atoms. The van der Waals surface area contributed by atoms with Gasteiger partial charge in [0.2, 0.25) is 5.91 Å². The predicted molar refractivity (Wildman–Crippen MR) is 95.8 cm³/mol. The summed E-state index contributed by atoms with van der Waals surface area (Å²) in [6.45, 7) is 4.05. The van der Waals surface area contributed by atoms with E-state index in [2.05, 4.69) is 16.2 Å². The van der Waals surface area contributed by atoms with Gasteiger partial charge in [0.05, 0.1) is 13.0 Å². The van der Waals surface area contributed by atoms with E-state index in [9.17, 15) is 9.59 Å². The molecule has 0 aromatic heterocycles. The van der Waals surface area contributed by atoms with Gasteiger partial charge in [0.1, 0.15) is 0 Å². The van der Waals surface area contributed by atoms with Crippen molar-refractivity contribution in [1.82, 2.24) is 10.9 Å². The molecule has 0 aliphatic heterocycles. The molecule has 0 radical (unpaired) electrons. The van der Waals surface area contributed by atoms with Gasteiger partial charge < -0.3 is 5.32 Å². The highest BCUT2D eigenvalue weighted by molar-refractivity contribution is 6.31. The van der Waals surface area contributed by atoms with Crippen LogP contribution >= 0.6 is 11.6 Å². The summed E-state index contributed by atoms with van der Waals surface area (Å²) in [5.41, 5.74) is 8.58. The quantitative estimate of drug-likeness (QED) is 0.730. The summed E-state index contributed by atoms with van der Waals surface area (Å²) in [6, 6.07) is 13.0. The number of anilines is 1. The molecule has 3 N–H and O–H groups in total. The van der Waals surface area contributed by atoms with Crippen molar-refractivity contribution in [2.24, 2.45) is 0 Å². The van der Waals surface area contributed by atoms with Gasteiger partial charge in [0.25, 0.3) is 5.91 Å². The van der Waals surface area contributed by atoms with Crippen LogP contribution in [0.2, 0.25) is 5.02 Å². The maximum Gasteiger partial charge on any atom is 0.257 e. The molecule has 6 heteroatoms. The van der Waals surface area contributed by atoms with Crippen molar-refractivity contribution in [1.29, 1.82) is 0 Å². The summed E-state index contributed by atoms with van der Waals surface area (Å²) in [6.07, 6.45) is 0.102. The van der Waals surface area contributed by atoms with Crippen molar-refractivity contribution >= 4 is 29.1 Å². The van der Waals surface area contributed by atoms with Gasteiger partial charge in [-0.05, 0) is 37.1 Å². The lowest BCUT2D eigenvalue weighted by Gasteiger charge is -2.11. The third-order valence-corrected chi connectivity index (χ3v) is 3.84. The number of aryl methyl sites for hydroxylation is 2. The van der Waals surface area contributed by atoms with E-state index in [1.54, 1.807) is 24.3 Å². The molecule has 0 aliphatic carbocycles. The largest absolute Gasteiger partial charge is 0.376 e. The van der Waals surface area contributed by atoms with Gasteiger partial charge in [-0.3, -0.25) is 20.4 Å². The Morgan fingerprint density at radius 3 is 2.42 bits per heavy atom. The maximum atomic E-state index is 11.8. The number of carbonyl (C=O) groups excluding carboxylic acids is 2. The summed E-state index contributed by atoms with van der Waals surface area (Å²) in [5.74, 6) is -0.662. The molecule has 2 aromatic carbocycles. The Bertz CT molecular complexity index is 747. The van der Waals surface area contributed by atoms with E-state index in [4.69, 9.17) is 11.6 Å². The number of nitrogens with one attached hydrogen (secondary N) is 3. The van der Waals surface area contributed by atoms with E-state index in [0.717, 1.165) is 16.8 Å². The molecule has 0 aliphatic rings. The molecule has 2 amide bonds. The topological polar surface area (TPSA) is 70.2 Å². The lowest BCUT2D eigenvalue weighted by atomic mass is 10.1. The Morgan fingerprint density at radius 2 is 1.71 bits per heavy atom. The van der Waals surface area contributed by atoms with Crippen molar-refractivity contribution in [3.63, 3.8) is 0 Å². The molecule has 0 unspecified atom stereocenters. The van der Waals surface area contributed by atoms with E-state index in [0.29, 0.717) is 10.6 Å². The third kappa shape index (κ3) is 5.28. The van der Waals surface area contributed by atoms with Gasteiger partial charge in [-0.1, -0.05) is 47.5 Å². The number of rotatable bonds is 5. The number of hydrogen-bond acceptors (Lipinski definition) is 3. The number of benzene rings is 2. The van der Waals surface area contributed by atoms with Gasteiger partial charge in [0.15, 0.2) is 0 Å². The fourth-order valence-electron chi connectivity index (χ4n) is 2.23. The third-order valence-electron chi connectivity index (χ3n) is 3.47. The number of carbonyl (C=O) groups is 2. The standard InChI is InChI=1S/C18H20ClN3O2/c1-12-7-8-16(13(2)9-12)20-11-18(24)22-21-17(23)10-14-5-3-4-6-15(14)19/h3-9,20H,10-11H2,1-2H3,(H,21,23)(H,22,24). The second-order valence-electron chi connectivity index (χ2n) is 5.54. The normalized spacial score (nSPS) is 10.1. The van der Waals surface area contributed by atoms with Crippen LogP contribution in [0.1, 0.15) is 16.7 Å². The first-order chi connectivity index (χ1) is 11.5. The Morgan fingerprint density at radius 1 is 1.00 bits per heavy atom. The highest BCUT2D eigenvalue weighted by Crippen LogP contribution is 2.16. The zero-order valence-corrected chi connectivity index (χ0v) is 14.4. The zero-order chi connectivity index (χ0) is 17.5. The number of hydrazine groups is 1. The minimum absolute atomic E-state index is 0.0657. The minimum Gasteiger partial charge on any atom is -0.376 e. The molecular weight excluding hydrogens is 326 g/mol. The highest BCUT2D eigenvalue weighted by Gasteiger charge is 2.08. The SMILES string of the molecule is Cc1ccc(NCC(=O)NNC(=O)Cc2ccccc2Cl)c(C)c1. The molecule has 0 fully saturated rings. The predicted octanol–water partition coefficient (Wildman–Crippen LogP) is 2.76. The minimum atomic E-state index is -0.331. The fraction of sp³-hybridized carbons (Fsp3) is 0.222. The number of hydrogen-bond donors (Lipinski definition) is 3. The summed E-state index contributed by atoms with van der Waals surface area (Å²) in [7, 11) is 0. The van der Waals surface area contributed by atoms with Crippen LogP contribution in [0.4, 0.5) is 5.69 Å². The first kappa shape index (κ1) is 17.8. The van der Waals surface area contributed by atoms with E-state index < -0.39 is 0 Å². The van der Waals surface area contributed by atoms with Gasteiger partial charge in [0, 0.05) is 10.7 Å². The van der Waals surface area contributed by atoms with E-state index >= 15 is 0 Å². The molecule has 2 rings (SSSR count). The van der Waals surface area contributed by atoms with Crippen LogP contribution in [-0.2, 0) is 16.0 Å². The van der Waals surface area contributed by atoms with Gasteiger partial charge in [-0.15, -0.1) is 0 Å². The molecule has 2 aromatic rings. The maximum absolute atomic E-state index is 11.8. The van der Waals surface area contributed by atoms with Crippen LogP contribution in [-0.4, -0.2) is 18.4 Å². The van der Waals surface area contributed by atoms with E-state index in [1.165, 1.54) is 0 Å². The zero-order valence-electron chi connectivity index (χ0n) is 13.7. The van der Waals surface area contributed by atoms with E-state index in [-0.39, 0.29) is 24.8 Å². The van der Waals surface area contributed by atoms with Crippen LogP contribution < -0.4 is 16.2 Å². The molecule has 0 atom stereocenters. The second kappa shape index (κ2) is 8.36. The number of amides is 2. The highest BCUT2D eigenvalue weighted by atomic mass is 35.5. The van der Waals surface area contributed by atoms with Crippen molar-refractivity contribution < 1.29 is 9.59 Å². The van der Waals surface area contributed by atoms with E-state index in [1.807, 2.05) is 32.0 Å². The first-order valence-corrected chi connectivity index (χ1v) is 7.95. The van der Waals surface area contributed by atoms with Gasteiger partial charge >= 0.3 is 0 Å². The Hall–Kier alpha value is -2.53. The van der Waals surface area contributed by atoms with Crippen LogP contribution in [0.3, 0.4) is 0 Å². The molecule has 0 heterocycles. The van der Waals surface area contributed by atoms with Gasteiger partial charge in [-0.2, -0.15) is 0 Å². The van der Waals surface area contributed by atoms with Crippen molar-refractivity contribution in [3.05, 3.63) is 64.2 Å². The Labute approximate surface area is 146 Å². The van der Waals surface area contributed by atoms with Crippen LogP contribution in [0.5, 0.6) is 0 Å².